The van der Waals surface area contributed by atoms with E-state index in [2.05, 4.69) is 4.90 Å². The van der Waals surface area contributed by atoms with Crippen molar-refractivity contribution in [3.63, 3.8) is 0 Å². The molecule has 0 radical (unpaired) electrons. The zero-order valence-corrected chi connectivity index (χ0v) is 12.6. The number of nitrogens with zero attached hydrogens (tertiary/aromatic N) is 1. The molecule has 2 fully saturated rings. The van der Waals surface area contributed by atoms with Gasteiger partial charge >= 0.3 is 0 Å². The fourth-order valence-corrected chi connectivity index (χ4v) is 3.88. The molecule has 1 aromatic rings. The first kappa shape index (κ1) is 14.6. The fourth-order valence-electron chi connectivity index (χ4n) is 3.88. The van der Waals surface area contributed by atoms with Gasteiger partial charge in [0.25, 0.3) is 0 Å². The molecule has 3 heteroatoms. The Morgan fingerprint density at radius 1 is 1.05 bits per heavy atom. The Balaban J connectivity index is 1.66. The van der Waals surface area contributed by atoms with Crippen LogP contribution in [0.2, 0.25) is 0 Å². The van der Waals surface area contributed by atoms with Crippen LogP contribution in [0.5, 0.6) is 0 Å². The molecule has 1 saturated carbocycles. The molecule has 3 nitrogen and oxygen atoms in total. The van der Waals surface area contributed by atoms with Crippen molar-refractivity contribution in [1.82, 2.24) is 4.90 Å². The first-order valence-electron chi connectivity index (χ1n) is 8.27. The van der Waals surface area contributed by atoms with E-state index in [4.69, 9.17) is 0 Å². The van der Waals surface area contributed by atoms with Gasteiger partial charge in [-0.25, -0.2) is 0 Å². The molecule has 0 aromatic heterocycles. The molecule has 1 aliphatic heterocycles. The highest BCUT2D eigenvalue weighted by Crippen LogP contribution is 2.30. The van der Waals surface area contributed by atoms with Gasteiger partial charge in [0, 0.05) is 18.5 Å². The highest BCUT2D eigenvalue weighted by Gasteiger charge is 2.36. The second kappa shape index (κ2) is 6.61. The quantitative estimate of drug-likeness (QED) is 0.925. The van der Waals surface area contributed by atoms with Crippen LogP contribution >= 0.6 is 0 Å². The standard InChI is InChI=1S/C18H25NO2/c20-13-16-7-5-4-6-14(16)12-15-10-11-19(18(15)21)17-8-2-1-3-9-17/h4-7,15,17,20H,1-3,8-13H2. The van der Waals surface area contributed by atoms with E-state index < -0.39 is 0 Å². The van der Waals surface area contributed by atoms with Crippen LogP contribution in [0.4, 0.5) is 0 Å². The lowest BCUT2D eigenvalue weighted by atomic mass is 9.93. The second-order valence-electron chi connectivity index (χ2n) is 6.44. The van der Waals surface area contributed by atoms with E-state index >= 15 is 0 Å². The lowest BCUT2D eigenvalue weighted by molar-refractivity contribution is -0.133. The minimum absolute atomic E-state index is 0.0590. The maximum atomic E-state index is 12.7. The molecule has 1 aromatic carbocycles. The first-order valence-corrected chi connectivity index (χ1v) is 8.27. The number of carbonyl (C=O) groups is 1. The number of aliphatic hydroxyl groups is 1. The molecule has 1 saturated heterocycles. The summed E-state index contributed by atoms with van der Waals surface area (Å²) >= 11 is 0. The van der Waals surface area contributed by atoms with Gasteiger partial charge in [-0.3, -0.25) is 4.79 Å². The number of hydrogen-bond acceptors (Lipinski definition) is 2. The van der Waals surface area contributed by atoms with Crippen molar-refractivity contribution in [1.29, 1.82) is 0 Å². The molecule has 2 aliphatic rings. The molecule has 0 bridgehead atoms. The summed E-state index contributed by atoms with van der Waals surface area (Å²) in [5.74, 6) is 0.453. The third kappa shape index (κ3) is 3.13. The topological polar surface area (TPSA) is 40.5 Å². The molecular weight excluding hydrogens is 262 g/mol. The predicted octanol–water partition coefficient (Wildman–Crippen LogP) is 2.90. The van der Waals surface area contributed by atoms with Gasteiger partial charge in [0.15, 0.2) is 0 Å². The molecule has 1 unspecified atom stereocenters. The predicted molar refractivity (Wildman–Crippen MR) is 82.8 cm³/mol. The van der Waals surface area contributed by atoms with Gasteiger partial charge in [0.1, 0.15) is 0 Å². The molecule has 0 spiro atoms. The Kier molecular flexibility index (Phi) is 4.59. The van der Waals surface area contributed by atoms with E-state index in [1.165, 1.54) is 32.1 Å². The molecule has 1 heterocycles. The number of likely N-dealkylation sites (tertiary alicyclic amines) is 1. The molecule has 1 aliphatic carbocycles. The summed E-state index contributed by atoms with van der Waals surface area (Å²) in [5.41, 5.74) is 2.09. The lowest BCUT2D eigenvalue weighted by Gasteiger charge is -2.31. The Bertz CT molecular complexity index is 494. The van der Waals surface area contributed by atoms with Crippen LogP contribution < -0.4 is 0 Å². The van der Waals surface area contributed by atoms with Crippen LogP contribution in [0.1, 0.15) is 49.7 Å². The van der Waals surface area contributed by atoms with E-state index in [0.29, 0.717) is 11.9 Å². The van der Waals surface area contributed by atoms with Crippen LogP contribution in [0.3, 0.4) is 0 Å². The number of hydrogen-bond donors (Lipinski definition) is 1. The molecule has 114 valence electrons. The average Bonchev–Trinajstić information content (AvgIpc) is 2.90. The third-order valence-electron chi connectivity index (χ3n) is 5.12. The van der Waals surface area contributed by atoms with Crippen molar-refractivity contribution in [2.24, 2.45) is 5.92 Å². The largest absolute Gasteiger partial charge is 0.392 e. The van der Waals surface area contributed by atoms with Gasteiger partial charge in [0.2, 0.25) is 5.91 Å². The molecule has 1 atom stereocenters. The Labute approximate surface area is 127 Å². The van der Waals surface area contributed by atoms with E-state index in [1.54, 1.807) is 0 Å². The summed E-state index contributed by atoms with van der Waals surface area (Å²) in [4.78, 5) is 14.8. The smallest absolute Gasteiger partial charge is 0.226 e. The van der Waals surface area contributed by atoms with Crippen molar-refractivity contribution < 1.29 is 9.90 Å². The van der Waals surface area contributed by atoms with Crippen molar-refractivity contribution in [2.45, 2.75) is 57.6 Å². The Hall–Kier alpha value is -1.35. The van der Waals surface area contributed by atoms with E-state index in [-0.39, 0.29) is 12.5 Å². The van der Waals surface area contributed by atoms with E-state index in [1.807, 2.05) is 24.3 Å². The summed E-state index contributed by atoms with van der Waals surface area (Å²) in [5, 5.41) is 9.42. The van der Waals surface area contributed by atoms with Gasteiger partial charge < -0.3 is 10.0 Å². The Morgan fingerprint density at radius 3 is 2.48 bits per heavy atom. The maximum absolute atomic E-state index is 12.7. The number of benzene rings is 1. The minimum Gasteiger partial charge on any atom is -0.392 e. The molecule has 3 rings (SSSR count). The van der Waals surface area contributed by atoms with Gasteiger partial charge in [-0.05, 0) is 36.8 Å². The van der Waals surface area contributed by atoms with E-state index in [0.717, 1.165) is 30.5 Å². The van der Waals surface area contributed by atoms with E-state index in [9.17, 15) is 9.90 Å². The van der Waals surface area contributed by atoms with Gasteiger partial charge in [-0.15, -0.1) is 0 Å². The highest BCUT2D eigenvalue weighted by molar-refractivity contribution is 5.81. The number of amides is 1. The summed E-state index contributed by atoms with van der Waals surface area (Å²) < 4.78 is 0. The van der Waals surface area contributed by atoms with Crippen LogP contribution in [0, 0.1) is 5.92 Å². The number of carbonyl (C=O) groups excluding carboxylic acids is 1. The fraction of sp³-hybridized carbons (Fsp3) is 0.611. The summed E-state index contributed by atoms with van der Waals surface area (Å²) in [6, 6.07) is 8.42. The third-order valence-corrected chi connectivity index (χ3v) is 5.12. The van der Waals surface area contributed by atoms with Crippen LogP contribution in [0.15, 0.2) is 24.3 Å². The van der Waals surface area contributed by atoms with Crippen LogP contribution in [-0.4, -0.2) is 28.5 Å². The van der Waals surface area contributed by atoms with Crippen molar-refractivity contribution in [3.8, 4) is 0 Å². The summed E-state index contributed by atoms with van der Waals surface area (Å²) in [6.45, 7) is 0.985. The van der Waals surface area contributed by atoms with Crippen LogP contribution in [-0.2, 0) is 17.8 Å². The van der Waals surface area contributed by atoms with Gasteiger partial charge in [-0.1, -0.05) is 43.5 Å². The average molecular weight is 287 g/mol. The zero-order valence-electron chi connectivity index (χ0n) is 12.6. The van der Waals surface area contributed by atoms with Crippen molar-refractivity contribution in [2.75, 3.05) is 6.54 Å². The molecular formula is C18H25NO2. The minimum atomic E-state index is 0.0590. The van der Waals surface area contributed by atoms with Crippen molar-refractivity contribution in [3.05, 3.63) is 35.4 Å². The number of rotatable bonds is 4. The zero-order chi connectivity index (χ0) is 14.7. The molecule has 1 N–H and O–H groups in total. The molecule has 21 heavy (non-hydrogen) atoms. The summed E-state index contributed by atoms with van der Waals surface area (Å²) in [7, 11) is 0. The van der Waals surface area contributed by atoms with Crippen molar-refractivity contribution >= 4 is 5.91 Å². The van der Waals surface area contributed by atoms with Gasteiger partial charge in [0.05, 0.1) is 6.61 Å². The monoisotopic (exact) mass is 287 g/mol. The second-order valence-corrected chi connectivity index (χ2v) is 6.44. The number of aliphatic hydroxyl groups excluding tert-OH is 1. The lowest BCUT2D eigenvalue weighted by Crippen LogP contribution is -2.39. The SMILES string of the molecule is O=C1C(Cc2ccccc2CO)CCN1C1CCCCC1. The van der Waals surface area contributed by atoms with Crippen LogP contribution in [0.25, 0.3) is 0 Å². The summed E-state index contributed by atoms with van der Waals surface area (Å²) in [6.07, 6.45) is 7.98. The highest BCUT2D eigenvalue weighted by atomic mass is 16.3. The molecule has 1 amide bonds. The maximum Gasteiger partial charge on any atom is 0.226 e. The van der Waals surface area contributed by atoms with Gasteiger partial charge in [-0.2, -0.15) is 0 Å². The normalized spacial score (nSPS) is 23.8. The first-order chi connectivity index (χ1) is 10.3. The Morgan fingerprint density at radius 2 is 1.76 bits per heavy atom.